The number of imidazole rings is 1. The van der Waals surface area contributed by atoms with Gasteiger partial charge in [0, 0.05) is 24.9 Å². The van der Waals surface area contributed by atoms with E-state index in [2.05, 4.69) is 4.98 Å². The van der Waals surface area contributed by atoms with Crippen molar-refractivity contribution in [2.45, 2.75) is 12.3 Å². The predicted molar refractivity (Wildman–Crippen MR) is 63.4 cm³/mol. The third-order valence-corrected chi connectivity index (χ3v) is 3.32. The molecule has 0 aromatic carbocycles. The zero-order valence-electron chi connectivity index (χ0n) is 8.49. The summed E-state index contributed by atoms with van der Waals surface area (Å²) in [6.45, 7) is 1.56. The summed E-state index contributed by atoms with van der Waals surface area (Å²) in [5, 5.41) is 1.20. The molecule has 0 radical (unpaired) electrons. The molecule has 1 unspecified atom stereocenters. The molecule has 1 saturated heterocycles. The molecule has 0 spiro atoms. The molecule has 16 heavy (non-hydrogen) atoms. The Balaban J connectivity index is 2.11. The van der Waals surface area contributed by atoms with Gasteiger partial charge >= 0.3 is 0 Å². The van der Waals surface area contributed by atoms with Crippen molar-refractivity contribution in [3.63, 3.8) is 0 Å². The fourth-order valence-corrected chi connectivity index (χ4v) is 2.54. The van der Waals surface area contributed by atoms with E-state index in [1.165, 1.54) is 0 Å². The minimum absolute atomic E-state index is 0.384. The van der Waals surface area contributed by atoms with Crippen molar-refractivity contribution in [2.24, 2.45) is 0 Å². The zero-order chi connectivity index (χ0) is 11.1. The topological polar surface area (TPSA) is 26.5 Å². The number of pyridine rings is 1. The Morgan fingerprint density at radius 3 is 3.00 bits per heavy atom. The van der Waals surface area contributed by atoms with Crippen LogP contribution in [0.25, 0.3) is 5.65 Å². The fourth-order valence-electron chi connectivity index (χ4n) is 2.01. The summed E-state index contributed by atoms with van der Waals surface area (Å²) >= 11 is 12.0. The average molecular weight is 257 g/mol. The van der Waals surface area contributed by atoms with Gasteiger partial charge in [-0.2, -0.15) is 0 Å². The summed E-state index contributed by atoms with van der Waals surface area (Å²) in [6, 6.07) is 1.71. The number of rotatable bonds is 1. The van der Waals surface area contributed by atoms with Crippen molar-refractivity contribution in [3.05, 3.63) is 34.2 Å². The van der Waals surface area contributed by atoms with E-state index in [0.29, 0.717) is 16.0 Å². The van der Waals surface area contributed by atoms with Gasteiger partial charge in [0.1, 0.15) is 0 Å². The molecule has 5 heteroatoms. The Bertz CT molecular complexity index is 532. The van der Waals surface area contributed by atoms with E-state index in [1.54, 1.807) is 6.07 Å². The van der Waals surface area contributed by atoms with Gasteiger partial charge in [-0.05, 0) is 12.5 Å². The van der Waals surface area contributed by atoms with Crippen LogP contribution < -0.4 is 0 Å². The summed E-state index contributed by atoms with van der Waals surface area (Å²) in [6.07, 6.45) is 4.82. The molecule has 1 fully saturated rings. The van der Waals surface area contributed by atoms with Crippen LogP contribution in [-0.2, 0) is 4.74 Å². The highest BCUT2D eigenvalue weighted by atomic mass is 35.5. The van der Waals surface area contributed by atoms with E-state index in [-0.39, 0.29) is 0 Å². The second-order valence-corrected chi connectivity index (χ2v) is 4.81. The molecule has 2 aromatic rings. The van der Waals surface area contributed by atoms with Crippen molar-refractivity contribution < 1.29 is 4.74 Å². The predicted octanol–water partition coefficient (Wildman–Crippen LogP) is 3.15. The molecule has 0 bridgehead atoms. The van der Waals surface area contributed by atoms with Crippen molar-refractivity contribution in [3.8, 4) is 0 Å². The van der Waals surface area contributed by atoms with Crippen molar-refractivity contribution in [1.82, 2.24) is 9.38 Å². The minimum Gasteiger partial charge on any atom is -0.381 e. The van der Waals surface area contributed by atoms with Crippen molar-refractivity contribution in [1.29, 1.82) is 0 Å². The van der Waals surface area contributed by atoms with Gasteiger partial charge in [0.25, 0.3) is 0 Å². The van der Waals surface area contributed by atoms with Gasteiger partial charge in [0.05, 0.1) is 22.3 Å². The Kier molecular flexibility index (Phi) is 2.54. The van der Waals surface area contributed by atoms with Gasteiger partial charge in [-0.1, -0.05) is 23.2 Å². The fraction of sp³-hybridized carbons (Fsp3) is 0.364. The molecule has 3 rings (SSSR count). The Hall–Kier alpha value is -0.770. The van der Waals surface area contributed by atoms with Gasteiger partial charge in [-0.25, -0.2) is 4.98 Å². The molecule has 1 atom stereocenters. The molecule has 0 saturated carbocycles. The third kappa shape index (κ3) is 1.69. The van der Waals surface area contributed by atoms with Crippen LogP contribution in [-0.4, -0.2) is 22.6 Å². The van der Waals surface area contributed by atoms with Crippen LogP contribution in [0.15, 0.2) is 18.5 Å². The number of nitrogens with zero attached hydrogens (tertiary/aromatic N) is 2. The van der Waals surface area contributed by atoms with Gasteiger partial charge in [-0.15, -0.1) is 0 Å². The molecule has 1 aliphatic rings. The summed E-state index contributed by atoms with van der Waals surface area (Å²) in [7, 11) is 0. The largest absolute Gasteiger partial charge is 0.381 e. The molecule has 1 aliphatic heterocycles. The number of ether oxygens (including phenoxy) is 1. The summed E-state index contributed by atoms with van der Waals surface area (Å²) in [5.41, 5.74) is 1.79. The zero-order valence-corrected chi connectivity index (χ0v) is 10.0. The van der Waals surface area contributed by atoms with Crippen LogP contribution in [0.3, 0.4) is 0 Å². The summed E-state index contributed by atoms with van der Waals surface area (Å²) in [5.74, 6) is 0.384. The van der Waals surface area contributed by atoms with Crippen molar-refractivity contribution >= 4 is 28.8 Å². The number of halogens is 2. The molecular weight excluding hydrogens is 247 g/mol. The SMILES string of the molecule is Clc1cc(Cl)c2nc(C3CCOC3)cn2c1. The van der Waals surface area contributed by atoms with Gasteiger partial charge in [0.2, 0.25) is 0 Å². The Labute approximate surface area is 103 Å². The van der Waals surface area contributed by atoms with Crippen LogP contribution in [0.4, 0.5) is 0 Å². The number of hydrogen-bond acceptors (Lipinski definition) is 2. The first-order valence-corrected chi connectivity index (χ1v) is 5.91. The quantitative estimate of drug-likeness (QED) is 0.784. The highest BCUT2D eigenvalue weighted by Crippen LogP contribution is 2.28. The second-order valence-electron chi connectivity index (χ2n) is 3.96. The standard InChI is InChI=1S/C11H10Cl2N2O/c12-8-3-9(13)11-14-10(5-15(11)4-8)7-1-2-16-6-7/h3-5,7H,1-2,6H2. The number of hydrogen-bond donors (Lipinski definition) is 0. The molecule has 0 N–H and O–H groups in total. The van der Waals surface area contributed by atoms with Crippen LogP contribution in [0.2, 0.25) is 10.0 Å². The highest BCUT2D eigenvalue weighted by Gasteiger charge is 2.21. The van der Waals surface area contributed by atoms with Crippen molar-refractivity contribution in [2.75, 3.05) is 13.2 Å². The van der Waals surface area contributed by atoms with Gasteiger partial charge < -0.3 is 9.14 Å². The first-order valence-electron chi connectivity index (χ1n) is 5.15. The lowest BCUT2D eigenvalue weighted by molar-refractivity contribution is 0.193. The molecular formula is C11H10Cl2N2O. The highest BCUT2D eigenvalue weighted by molar-refractivity contribution is 6.36. The van der Waals surface area contributed by atoms with Crippen LogP contribution in [0.5, 0.6) is 0 Å². The minimum atomic E-state index is 0.384. The molecule has 3 nitrogen and oxygen atoms in total. The Morgan fingerprint density at radius 1 is 1.38 bits per heavy atom. The molecule has 2 aromatic heterocycles. The van der Waals surface area contributed by atoms with Crippen LogP contribution in [0, 0.1) is 0 Å². The van der Waals surface area contributed by atoms with E-state index in [4.69, 9.17) is 27.9 Å². The Morgan fingerprint density at radius 2 is 2.25 bits per heavy atom. The first-order chi connectivity index (χ1) is 7.74. The van der Waals surface area contributed by atoms with Gasteiger partial charge in [0.15, 0.2) is 5.65 Å². The number of fused-ring (bicyclic) bond motifs is 1. The van der Waals surface area contributed by atoms with Crippen LogP contribution in [0.1, 0.15) is 18.0 Å². The normalized spacial score (nSPS) is 20.8. The maximum atomic E-state index is 6.08. The molecule has 0 aliphatic carbocycles. The van der Waals surface area contributed by atoms with Gasteiger partial charge in [-0.3, -0.25) is 0 Å². The number of aromatic nitrogens is 2. The van der Waals surface area contributed by atoms with E-state index in [0.717, 1.165) is 31.0 Å². The lowest BCUT2D eigenvalue weighted by Crippen LogP contribution is -1.96. The monoisotopic (exact) mass is 256 g/mol. The third-order valence-electron chi connectivity index (χ3n) is 2.84. The second kappa shape index (κ2) is 3.91. The van der Waals surface area contributed by atoms with E-state index < -0.39 is 0 Å². The molecule has 84 valence electrons. The lowest BCUT2D eigenvalue weighted by atomic mass is 10.1. The van der Waals surface area contributed by atoms with Crippen LogP contribution >= 0.6 is 23.2 Å². The smallest absolute Gasteiger partial charge is 0.155 e. The first kappa shape index (κ1) is 10.4. The molecule has 0 amide bonds. The maximum absolute atomic E-state index is 6.08. The summed E-state index contributed by atoms with van der Waals surface area (Å²) < 4.78 is 7.23. The average Bonchev–Trinajstić information content (AvgIpc) is 2.82. The lowest BCUT2D eigenvalue weighted by Gasteiger charge is -2.00. The molecule has 3 heterocycles. The summed E-state index contributed by atoms with van der Waals surface area (Å²) in [4.78, 5) is 4.53. The van der Waals surface area contributed by atoms with E-state index in [1.807, 2.05) is 16.8 Å². The maximum Gasteiger partial charge on any atom is 0.155 e. The van der Waals surface area contributed by atoms with E-state index in [9.17, 15) is 0 Å². The van der Waals surface area contributed by atoms with E-state index >= 15 is 0 Å².